The second-order valence-corrected chi connectivity index (χ2v) is 48.6. The predicted molar refractivity (Wildman–Crippen MR) is 526 cm³/mol. The zero-order valence-electron chi connectivity index (χ0n) is 78.3. The molecule has 16 aliphatic rings. The molecule has 0 spiro atoms. The summed E-state index contributed by atoms with van der Waals surface area (Å²) < 4.78 is 107. The summed E-state index contributed by atoms with van der Waals surface area (Å²) in [6.07, 6.45) is 1.08. The van der Waals surface area contributed by atoms with E-state index in [1.54, 1.807) is 0 Å². The quantitative estimate of drug-likeness (QED) is 0.0279. The van der Waals surface area contributed by atoms with E-state index in [4.69, 9.17) is 70.5 Å². The summed E-state index contributed by atoms with van der Waals surface area (Å²) >= 11 is 0. The molecule has 8 saturated heterocycles. The Balaban J connectivity index is 0.000000101. The van der Waals surface area contributed by atoms with Gasteiger partial charge in [-0.2, -0.15) is 8.42 Å². The SMILES string of the molecule is COC(=O)C1C2CC3C(OC(=O)C31)C2OC(=O)COc1ccc([S+]2c3ccccc3Cc3ccccc32)cc1.O=C(COc1ccc([S+]2c3ccccc3Cc3ccccc32)cc1)OC1C2CC3C(=O)OC1C3C2.O=C(COc1ccc([S+]2c3ccccc3Cc3ccccc32)cc1)OC1C2CC3C(=O)OC1C3O2.O=C(COc1ccc([S+]2c3ccccc3Cc3ccccc32)cc1)OC1C2CC3C(O2)C1OS3(=O)=O. The summed E-state index contributed by atoms with van der Waals surface area (Å²) in [6, 6.07) is 101. The Morgan fingerprint density at radius 3 is 1.01 bits per heavy atom. The Bertz CT molecular complexity index is 6880. The third kappa shape index (κ3) is 17.1. The van der Waals surface area contributed by atoms with Crippen molar-refractivity contribution in [2.24, 2.45) is 47.3 Å². The van der Waals surface area contributed by atoms with Gasteiger partial charge in [0.1, 0.15) is 71.0 Å². The van der Waals surface area contributed by atoms with Crippen LogP contribution in [0.4, 0.5) is 0 Å². The zero-order valence-corrected chi connectivity index (χ0v) is 82.4. The standard InChI is InChI=1S/C31H27O7S.C29H25O5S.C28H23O6S.C27H23O7S2/c1-35-30(33)26-21-15-22-27(26)31(34)38-29(22)28(21)37-25(32)16-36-19-10-12-20(13-11-19)39-23-8-4-2-6-17(23)14-18-7-3-5-9-24(18)39;30-26(33-27-19-14-22-23(15-19)29(31)34-28(22)27)16-32-20-9-11-21(12-10-20)35-24-7-3-1-5-17(24)13-18-6-2-4-8-25(18)35;29-24(33-26-21-14-20-25(32-21)27(26)34-28(20)30)15-31-18-9-11-19(12-10-18)35-22-7-3-1-5-16(22)13-17-6-2-4-8-23(17)35;28-24(33-25-20-14-23-26(32-20)27(25)34-36(23,29)30)15-31-18-9-11-19(12-10-18)35-21-7-3-1-5-16(21)13-17-6-2-4-8-22(17)35/h2-13,21-22,26-29H,14-16H2,1H3;1-12,19,22-23,27-28H,13-16H2;1-12,20-21,25-27H,13-15H2;1-12,20,23,25-27H,13-15H2/q4*+1. The van der Waals surface area contributed by atoms with Crippen LogP contribution in [0.3, 0.4) is 0 Å². The molecule has 0 radical (unpaired) electrons. The molecule has 12 heterocycles. The molecule has 12 aromatic carbocycles. The van der Waals surface area contributed by atoms with Crippen molar-refractivity contribution in [3.8, 4) is 23.0 Å². The van der Waals surface area contributed by atoms with E-state index in [1.807, 2.05) is 60.7 Å². The number of benzene rings is 12. The van der Waals surface area contributed by atoms with Crippen molar-refractivity contribution in [1.29, 1.82) is 0 Å². The molecule has 12 aliphatic heterocycles. The largest absolute Gasteiger partial charge is 0.482 e. The lowest BCUT2D eigenvalue weighted by atomic mass is 9.78. The fraction of sp³-hybridized carbons (Fsp3) is 0.304. The molecule has 25 nitrogen and oxygen atoms in total. The second-order valence-electron chi connectivity index (χ2n) is 38.9. The maximum absolute atomic E-state index is 12.7. The highest BCUT2D eigenvalue weighted by molar-refractivity contribution is 7.98. The van der Waals surface area contributed by atoms with Crippen molar-refractivity contribution < 1.29 is 117 Å². The molecule has 21 unspecified atom stereocenters. The van der Waals surface area contributed by atoms with Gasteiger partial charge in [0.2, 0.25) is 0 Å². The van der Waals surface area contributed by atoms with E-state index in [2.05, 4.69) is 231 Å². The van der Waals surface area contributed by atoms with E-state index in [-0.39, 0.29) is 148 Å². The first-order valence-electron chi connectivity index (χ1n) is 49.0. The summed E-state index contributed by atoms with van der Waals surface area (Å²) in [5.74, 6) is -2.20. The van der Waals surface area contributed by atoms with Gasteiger partial charge in [-0.3, -0.25) is 23.4 Å². The minimum absolute atomic E-state index is 0.0125. The number of methoxy groups -OCH3 is 1. The van der Waals surface area contributed by atoms with Gasteiger partial charge in [-0.25, -0.2) is 19.2 Å². The van der Waals surface area contributed by atoms with Crippen molar-refractivity contribution in [2.75, 3.05) is 33.5 Å². The van der Waals surface area contributed by atoms with Gasteiger partial charge in [0, 0.05) is 93.9 Å². The van der Waals surface area contributed by atoms with E-state index in [0.717, 1.165) is 38.5 Å². The third-order valence-electron chi connectivity index (χ3n) is 30.8. The highest BCUT2D eigenvalue weighted by Gasteiger charge is 2.72. The molecule has 4 aliphatic carbocycles. The first kappa shape index (κ1) is 92.9. The number of hydrogen-bond donors (Lipinski definition) is 0. The van der Waals surface area contributed by atoms with Gasteiger partial charge in [0.15, 0.2) is 103 Å². The normalized spacial score (nSPS) is 28.1. The highest BCUT2D eigenvalue weighted by atomic mass is 32.2. The number of rotatable bonds is 21. The highest BCUT2D eigenvalue weighted by Crippen LogP contribution is 2.61. The van der Waals surface area contributed by atoms with E-state index < -0.39 is 112 Å². The number of esters is 8. The molecule has 12 aromatic rings. The minimum Gasteiger partial charge on any atom is -0.482 e. The number of hydrogen-bond acceptors (Lipinski definition) is 25. The summed E-state index contributed by atoms with van der Waals surface area (Å²) in [5, 5.41) is -0.652. The third-order valence-corrected chi connectivity index (χ3v) is 42.2. The van der Waals surface area contributed by atoms with Crippen molar-refractivity contribution in [3.05, 3.63) is 336 Å². The lowest BCUT2D eigenvalue weighted by molar-refractivity contribution is -0.166. The van der Waals surface area contributed by atoms with E-state index >= 15 is 0 Å². The molecule has 8 bridgehead atoms. The second kappa shape index (κ2) is 38.3. The Kier molecular flexibility index (Phi) is 24.6. The van der Waals surface area contributed by atoms with E-state index in [1.165, 1.54) is 110 Å². The molecular weight excluding hydrogens is 1940 g/mol. The van der Waals surface area contributed by atoms with Crippen LogP contribution in [0, 0.1) is 47.3 Å². The smallest absolute Gasteiger partial charge is 0.344 e. The molecule has 734 valence electrons. The Morgan fingerprint density at radius 2 is 0.628 bits per heavy atom. The van der Waals surface area contributed by atoms with Crippen LogP contribution < -0.4 is 18.9 Å². The maximum atomic E-state index is 12.7. The Morgan fingerprint density at radius 1 is 0.310 bits per heavy atom. The number of ether oxygens (including phenoxy) is 14. The zero-order chi connectivity index (χ0) is 98.1. The summed E-state index contributed by atoms with van der Waals surface area (Å²) in [4.78, 5) is 114. The van der Waals surface area contributed by atoms with Crippen LogP contribution in [0.2, 0.25) is 0 Å². The first-order chi connectivity index (χ1) is 70.8. The number of carbonyl (C=O) groups excluding carboxylic acids is 8. The van der Waals surface area contributed by atoms with Gasteiger partial charge in [-0.05, 0) is 178 Å². The van der Waals surface area contributed by atoms with E-state index in [9.17, 15) is 46.8 Å². The van der Waals surface area contributed by atoms with Gasteiger partial charge < -0.3 is 66.3 Å². The summed E-state index contributed by atoms with van der Waals surface area (Å²) in [6.45, 7) is -0.936. The van der Waals surface area contributed by atoms with Crippen LogP contribution in [-0.2, 0) is 169 Å². The van der Waals surface area contributed by atoms with Gasteiger partial charge in [0.25, 0.3) is 10.1 Å². The molecule has 28 rings (SSSR count). The van der Waals surface area contributed by atoms with Crippen molar-refractivity contribution in [2.45, 2.75) is 195 Å². The monoisotopic (exact) mass is 2040 g/mol. The molecule has 4 saturated carbocycles. The molecule has 0 N–H and O–H groups in total. The molecular formula is C115H98O25S5+4. The molecule has 21 atom stereocenters. The fourth-order valence-electron chi connectivity index (χ4n) is 24.5. The maximum Gasteiger partial charge on any atom is 0.344 e. The van der Waals surface area contributed by atoms with Crippen molar-refractivity contribution in [3.63, 3.8) is 0 Å². The van der Waals surface area contributed by atoms with Crippen LogP contribution in [0.25, 0.3) is 0 Å². The van der Waals surface area contributed by atoms with Gasteiger partial charge in [0.05, 0.1) is 86.6 Å². The Hall–Kier alpha value is -13.2. The average Bonchev–Trinajstić information content (AvgIpc) is 1.54. The lowest BCUT2D eigenvalue weighted by Gasteiger charge is -2.29. The van der Waals surface area contributed by atoms with Gasteiger partial charge in [-0.15, -0.1) is 0 Å². The van der Waals surface area contributed by atoms with E-state index in [0.29, 0.717) is 35.8 Å². The van der Waals surface area contributed by atoms with Crippen LogP contribution in [-0.4, -0.2) is 168 Å². The average molecular weight is 2040 g/mol. The van der Waals surface area contributed by atoms with Crippen molar-refractivity contribution >= 4 is 101 Å². The van der Waals surface area contributed by atoms with Crippen LogP contribution in [0.15, 0.2) is 350 Å². The van der Waals surface area contributed by atoms with Crippen molar-refractivity contribution in [1.82, 2.24) is 0 Å². The number of fused-ring (bicyclic) bond motifs is 12. The summed E-state index contributed by atoms with van der Waals surface area (Å²) in [7, 11) is -3.15. The molecule has 30 heteroatoms. The lowest BCUT2D eigenvalue weighted by Crippen LogP contribution is -2.44. The first-order valence-corrected chi connectivity index (χ1v) is 55.4. The van der Waals surface area contributed by atoms with Gasteiger partial charge in [-0.1, -0.05) is 146 Å². The predicted octanol–water partition coefficient (Wildman–Crippen LogP) is 15.5. The van der Waals surface area contributed by atoms with Crippen LogP contribution >= 0.6 is 0 Å². The van der Waals surface area contributed by atoms with Crippen LogP contribution in [0.5, 0.6) is 23.0 Å². The molecule has 12 fully saturated rings. The molecule has 145 heavy (non-hydrogen) atoms. The van der Waals surface area contributed by atoms with Crippen LogP contribution in [0.1, 0.15) is 76.6 Å². The van der Waals surface area contributed by atoms with Gasteiger partial charge >= 0.3 is 47.8 Å². The Labute approximate surface area is 847 Å². The molecule has 0 aromatic heterocycles. The molecule has 0 amide bonds. The topological polar surface area (TPSA) is 309 Å². The summed E-state index contributed by atoms with van der Waals surface area (Å²) in [5.41, 5.74) is 10.8. The number of carbonyl (C=O) groups is 8. The minimum atomic E-state index is -3.65. The fourth-order valence-corrected chi connectivity index (χ4v) is 35.7.